The van der Waals surface area contributed by atoms with Gasteiger partial charge in [0.15, 0.2) is 5.78 Å². The summed E-state index contributed by atoms with van der Waals surface area (Å²) in [6, 6.07) is 15.0. The maximum atomic E-state index is 12.4. The highest BCUT2D eigenvalue weighted by molar-refractivity contribution is 6.05. The van der Waals surface area contributed by atoms with E-state index in [-0.39, 0.29) is 11.2 Å². The monoisotopic (exact) mass is 334 g/mol. The first-order valence-electron chi connectivity index (χ1n) is 8.30. The molecule has 0 spiro atoms. The number of fused-ring (bicyclic) bond motifs is 1. The molecule has 0 amide bonds. The number of allylic oxidation sites excluding steroid dienone is 3. The van der Waals surface area contributed by atoms with Crippen LogP contribution in [0.15, 0.2) is 66.8 Å². The van der Waals surface area contributed by atoms with Crippen LogP contribution in [0.4, 0.5) is 0 Å². The maximum Gasteiger partial charge on any atom is 0.185 e. The van der Waals surface area contributed by atoms with Gasteiger partial charge in [0.25, 0.3) is 0 Å². The van der Waals surface area contributed by atoms with Gasteiger partial charge in [0, 0.05) is 16.5 Å². The second-order valence-electron chi connectivity index (χ2n) is 6.80. The average Bonchev–Trinajstić information content (AvgIpc) is 2.76. The fourth-order valence-corrected chi connectivity index (χ4v) is 2.79. The van der Waals surface area contributed by atoms with Gasteiger partial charge < -0.3 is 9.47 Å². The summed E-state index contributed by atoms with van der Waals surface area (Å²) in [4.78, 5) is 12.4. The molecule has 25 heavy (non-hydrogen) atoms. The smallest absolute Gasteiger partial charge is 0.185 e. The standard InChI is InChI=1S/C22H22O3/c1-22(2)14-17(9-11-20(23)16-7-5-4-6-8-16)19-13-18(24-3)10-12-21(19)25-15-22/h4-14H,15H2,1-3H3. The molecule has 128 valence electrons. The van der Waals surface area contributed by atoms with Gasteiger partial charge >= 0.3 is 0 Å². The van der Waals surface area contributed by atoms with Crippen molar-refractivity contribution in [3.63, 3.8) is 0 Å². The van der Waals surface area contributed by atoms with E-state index in [4.69, 9.17) is 9.47 Å². The third kappa shape index (κ3) is 4.00. The predicted octanol–water partition coefficient (Wildman–Crippen LogP) is 4.94. The first kappa shape index (κ1) is 17.0. The lowest BCUT2D eigenvalue weighted by atomic mass is 9.90. The van der Waals surface area contributed by atoms with Crippen molar-refractivity contribution in [2.45, 2.75) is 13.8 Å². The van der Waals surface area contributed by atoms with E-state index in [1.54, 1.807) is 13.2 Å². The van der Waals surface area contributed by atoms with Gasteiger partial charge in [-0.15, -0.1) is 0 Å². The molecule has 1 aliphatic heterocycles. The molecule has 0 N–H and O–H groups in total. The maximum absolute atomic E-state index is 12.4. The number of hydrogen-bond acceptors (Lipinski definition) is 3. The summed E-state index contributed by atoms with van der Waals surface area (Å²) in [5.41, 5.74) is 2.43. The van der Waals surface area contributed by atoms with E-state index in [0.29, 0.717) is 12.2 Å². The quantitative estimate of drug-likeness (QED) is 0.587. The van der Waals surface area contributed by atoms with Gasteiger partial charge in [-0.3, -0.25) is 4.79 Å². The van der Waals surface area contributed by atoms with Crippen LogP contribution in [0.3, 0.4) is 0 Å². The summed E-state index contributed by atoms with van der Waals surface area (Å²) < 4.78 is 11.3. The van der Waals surface area contributed by atoms with Crippen molar-refractivity contribution in [2.75, 3.05) is 13.7 Å². The summed E-state index contributed by atoms with van der Waals surface area (Å²) in [5, 5.41) is 0. The fraction of sp³-hybridized carbons (Fsp3) is 0.227. The van der Waals surface area contributed by atoms with Crippen LogP contribution >= 0.6 is 0 Å². The lowest BCUT2D eigenvalue weighted by molar-refractivity contribution is 0.104. The molecule has 3 rings (SSSR count). The van der Waals surface area contributed by atoms with Crippen LogP contribution in [0.2, 0.25) is 0 Å². The summed E-state index contributed by atoms with van der Waals surface area (Å²) in [5.74, 6) is 1.54. The zero-order valence-corrected chi connectivity index (χ0v) is 14.8. The van der Waals surface area contributed by atoms with Crippen molar-refractivity contribution in [1.29, 1.82) is 0 Å². The number of benzene rings is 2. The van der Waals surface area contributed by atoms with E-state index in [9.17, 15) is 4.79 Å². The van der Waals surface area contributed by atoms with Gasteiger partial charge in [0.1, 0.15) is 11.5 Å². The van der Waals surface area contributed by atoms with Crippen LogP contribution in [0.5, 0.6) is 11.5 Å². The van der Waals surface area contributed by atoms with E-state index >= 15 is 0 Å². The Kier molecular flexibility index (Phi) is 4.75. The molecule has 0 saturated heterocycles. The van der Waals surface area contributed by atoms with Crippen LogP contribution in [-0.2, 0) is 0 Å². The highest BCUT2D eigenvalue weighted by Crippen LogP contribution is 2.37. The molecule has 3 heteroatoms. The molecule has 1 heterocycles. The van der Waals surface area contributed by atoms with E-state index < -0.39 is 0 Å². The van der Waals surface area contributed by atoms with Crippen LogP contribution in [0.1, 0.15) is 29.8 Å². The highest BCUT2D eigenvalue weighted by Gasteiger charge is 2.23. The second kappa shape index (κ2) is 6.98. The zero-order chi connectivity index (χ0) is 17.9. The molecule has 3 nitrogen and oxygen atoms in total. The number of hydrogen-bond donors (Lipinski definition) is 0. The van der Waals surface area contributed by atoms with Gasteiger partial charge in [0.05, 0.1) is 13.7 Å². The normalized spacial score (nSPS) is 15.7. The molecule has 0 fully saturated rings. The number of rotatable bonds is 4. The van der Waals surface area contributed by atoms with Crippen molar-refractivity contribution < 1.29 is 14.3 Å². The third-order valence-electron chi connectivity index (χ3n) is 4.12. The molecular formula is C22H22O3. The molecule has 0 unspecified atom stereocenters. The minimum Gasteiger partial charge on any atom is -0.497 e. The number of methoxy groups -OCH3 is 1. The van der Waals surface area contributed by atoms with Crippen molar-refractivity contribution in [2.24, 2.45) is 5.41 Å². The van der Waals surface area contributed by atoms with E-state index in [1.807, 2.05) is 54.6 Å². The molecule has 0 radical (unpaired) electrons. The van der Waals surface area contributed by atoms with Crippen molar-refractivity contribution in [3.8, 4) is 11.5 Å². The minimum absolute atomic E-state index is 0.0195. The summed E-state index contributed by atoms with van der Waals surface area (Å²) in [6.07, 6.45) is 5.63. The van der Waals surface area contributed by atoms with Gasteiger partial charge in [0.2, 0.25) is 0 Å². The first-order chi connectivity index (χ1) is 12.0. The molecule has 0 atom stereocenters. The minimum atomic E-state index is -0.137. The Labute approximate surface area is 148 Å². The van der Waals surface area contributed by atoms with Gasteiger partial charge in [-0.2, -0.15) is 0 Å². The van der Waals surface area contributed by atoms with Crippen LogP contribution in [-0.4, -0.2) is 19.5 Å². The summed E-state index contributed by atoms with van der Waals surface area (Å²) in [7, 11) is 1.64. The van der Waals surface area contributed by atoms with Crippen molar-refractivity contribution >= 4 is 11.4 Å². The Hall–Kier alpha value is -2.81. The molecule has 0 aliphatic carbocycles. The topological polar surface area (TPSA) is 35.5 Å². The molecule has 2 aromatic carbocycles. The molecule has 0 bridgehead atoms. The van der Waals surface area contributed by atoms with Gasteiger partial charge in [-0.05, 0) is 29.8 Å². The largest absolute Gasteiger partial charge is 0.497 e. The first-order valence-corrected chi connectivity index (χ1v) is 8.30. The molecule has 2 aromatic rings. The molecular weight excluding hydrogens is 312 g/mol. The summed E-state index contributed by atoms with van der Waals surface area (Å²) >= 11 is 0. The van der Waals surface area contributed by atoms with Gasteiger partial charge in [-0.1, -0.05) is 56.3 Å². The van der Waals surface area contributed by atoms with Crippen molar-refractivity contribution in [1.82, 2.24) is 0 Å². The van der Waals surface area contributed by atoms with Crippen molar-refractivity contribution in [3.05, 3.63) is 77.9 Å². The number of carbonyl (C=O) groups is 1. The predicted molar refractivity (Wildman–Crippen MR) is 100 cm³/mol. The second-order valence-corrected chi connectivity index (χ2v) is 6.80. The Morgan fingerprint density at radius 3 is 2.64 bits per heavy atom. The number of ether oxygens (including phenoxy) is 2. The van der Waals surface area contributed by atoms with E-state index in [0.717, 1.165) is 22.6 Å². The summed E-state index contributed by atoms with van der Waals surface area (Å²) in [6.45, 7) is 4.81. The average molecular weight is 334 g/mol. The lowest BCUT2D eigenvalue weighted by Gasteiger charge is -2.18. The Bertz CT molecular complexity index is 830. The Morgan fingerprint density at radius 1 is 1.16 bits per heavy atom. The SMILES string of the molecule is COc1ccc2c(c1)C(C=CC(=O)c1ccccc1)=CC(C)(C)CO2. The van der Waals surface area contributed by atoms with E-state index in [2.05, 4.69) is 19.9 Å². The number of ketones is 1. The Morgan fingerprint density at radius 2 is 1.92 bits per heavy atom. The highest BCUT2D eigenvalue weighted by atomic mass is 16.5. The van der Waals surface area contributed by atoms with Gasteiger partial charge in [-0.25, -0.2) is 0 Å². The van der Waals surface area contributed by atoms with Crippen LogP contribution in [0.25, 0.3) is 5.57 Å². The fourth-order valence-electron chi connectivity index (χ4n) is 2.79. The van der Waals surface area contributed by atoms with E-state index in [1.165, 1.54) is 0 Å². The zero-order valence-electron chi connectivity index (χ0n) is 14.8. The Balaban J connectivity index is 1.99. The van der Waals surface area contributed by atoms with Crippen LogP contribution < -0.4 is 9.47 Å². The number of carbonyl (C=O) groups excluding carboxylic acids is 1. The third-order valence-corrected chi connectivity index (χ3v) is 4.12. The lowest BCUT2D eigenvalue weighted by Crippen LogP contribution is -2.17. The molecule has 0 saturated carbocycles. The van der Waals surface area contributed by atoms with Crippen LogP contribution in [0, 0.1) is 5.41 Å². The molecule has 0 aromatic heterocycles. The molecule has 1 aliphatic rings.